The zero-order valence-corrected chi connectivity index (χ0v) is 24.8. The second-order valence-corrected chi connectivity index (χ2v) is 14.3. The molecule has 0 unspecified atom stereocenters. The van der Waals surface area contributed by atoms with Crippen molar-refractivity contribution >= 4 is 33.3 Å². The number of alkyl halides is 7. The number of amides is 1. The van der Waals surface area contributed by atoms with E-state index < -0.39 is 83.7 Å². The van der Waals surface area contributed by atoms with Gasteiger partial charge in [0, 0.05) is 23.0 Å². The summed E-state index contributed by atoms with van der Waals surface area (Å²) in [6.07, 6.45) is -12.9. The fourth-order valence-electron chi connectivity index (χ4n) is 7.17. The topological polar surface area (TPSA) is 91.8 Å². The Bertz CT molecular complexity index is 1610. The highest BCUT2D eigenvalue weighted by Gasteiger charge is 2.74. The zero-order valence-electron chi connectivity index (χ0n) is 23.2. The molecule has 0 bridgehead atoms. The smallest absolute Gasteiger partial charge is 0.436 e. The third kappa shape index (κ3) is 5.08. The van der Waals surface area contributed by atoms with Crippen LogP contribution in [0.25, 0.3) is 0 Å². The number of benzene rings is 2. The van der Waals surface area contributed by atoms with E-state index in [0.29, 0.717) is 12.1 Å². The first kappa shape index (κ1) is 33.4. The molecule has 2 aliphatic carbocycles. The van der Waals surface area contributed by atoms with E-state index in [0.717, 1.165) is 24.3 Å². The molecule has 1 N–H and O–H groups in total. The van der Waals surface area contributed by atoms with Gasteiger partial charge in [0.2, 0.25) is 5.91 Å². The van der Waals surface area contributed by atoms with Crippen molar-refractivity contribution in [1.29, 1.82) is 0 Å². The predicted molar refractivity (Wildman–Crippen MR) is 143 cm³/mol. The third-order valence-corrected chi connectivity index (χ3v) is 12.3. The van der Waals surface area contributed by atoms with Gasteiger partial charge in [-0.1, -0.05) is 17.7 Å². The van der Waals surface area contributed by atoms with E-state index in [1.165, 1.54) is 4.90 Å². The van der Waals surface area contributed by atoms with Crippen LogP contribution in [-0.4, -0.2) is 55.2 Å². The number of fused-ring (bicyclic) bond motifs is 3. The molecule has 1 aliphatic heterocycles. The number of rotatable bonds is 5. The van der Waals surface area contributed by atoms with Crippen molar-refractivity contribution in [2.75, 3.05) is 6.54 Å². The molecule has 2 aromatic rings. The van der Waals surface area contributed by atoms with Gasteiger partial charge in [0.25, 0.3) is 0 Å². The number of hydrogen-bond acceptors (Lipinski definition) is 4. The highest BCUT2D eigenvalue weighted by molar-refractivity contribution is 7.92. The molecule has 2 atom stereocenters. The molecular weight excluding hydrogens is 662 g/mol. The van der Waals surface area contributed by atoms with Crippen LogP contribution in [0.2, 0.25) is 5.02 Å². The Morgan fingerprint density at radius 1 is 0.889 bits per heavy atom. The normalized spacial score (nSPS) is 25.9. The minimum absolute atomic E-state index is 0.167. The van der Waals surface area contributed by atoms with Crippen molar-refractivity contribution in [3.63, 3.8) is 0 Å². The molecule has 3 aliphatic rings. The summed E-state index contributed by atoms with van der Waals surface area (Å²) in [5, 5.41) is 8.00. The third-order valence-electron chi connectivity index (χ3n) is 9.44. The average Bonchev–Trinajstić information content (AvgIpc) is 3.37. The fraction of sp³-hybridized carbons (Fsp3) is 0.517. The lowest BCUT2D eigenvalue weighted by Gasteiger charge is -2.44. The van der Waals surface area contributed by atoms with Gasteiger partial charge >= 0.3 is 24.0 Å². The summed E-state index contributed by atoms with van der Waals surface area (Å²) < 4.78 is 138. The van der Waals surface area contributed by atoms with Gasteiger partial charge in [-0.3, -0.25) is 9.59 Å². The van der Waals surface area contributed by atoms with Crippen LogP contribution in [0.15, 0.2) is 41.3 Å². The highest BCUT2D eigenvalue weighted by Crippen LogP contribution is 2.58. The molecule has 246 valence electrons. The van der Waals surface area contributed by atoms with Crippen LogP contribution in [0, 0.1) is 17.7 Å². The average molecular weight is 688 g/mol. The van der Waals surface area contributed by atoms with Crippen LogP contribution < -0.4 is 0 Å². The number of sulfone groups is 1. The SMILES string of the molecule is O=C(O)[C@H]1CC[C@H](C(=O)N2CC[C@]3(S(=O)(=O)c4ccc(F)cc4)c4cc(Cl)c(C(F)(C(F)(F)F)C(F)(F)F)cc4CC[C@H]23)CC1. The van der Waals surface area contributed by atoms with Crippen LogP contribution in [0.4, 0.5) is 35.1 Å². The Kier molecular flexibility index (Phi) is 8.24. The number of aryl methyl sites for hydroxylation is 1. The predicted octanol–water partition coefficient (Wildman–Crippen LogP) is 6.88. The lowest BCUT2D eigenvalue weighted by molar-refractivity contribution is -0.348. The summed E-state index contributed by atoms with van der Waals surface area (Å²) in [4.78, 5) is 26.1. The van der Waals surface area contributed by atoms with Crippen molar-refractivity contribution < 1.29 is 58.2 Å². The number of carbonyl (C=O) groups is 2. The van der Waals surface area contributed by atoms with Crippen molar-refractivity contribution in [3.8, 4) is 0 Å². The molecule has 1 saturated heterocycles. The summed E-state index contributed by atoms with van der Waals surface area (Å²) in [6.45, 7) is -0.167. The summed E-state index contributed by atoms with van der Waals surface area (Å²) in [5.74, 6) is -3.51. The van der Waals surface area contributed by atoms with E-state index in [9.17, 15) is 53.8 Å². The number of aliphatic carboxylic acids is 1. The van der Waals surface area contributed by atoms with E-state index >= 15 is 4.39 Å². The van der Waals surface area contributed by atoms with Gasteiger partial charge in [-0.05, 0) is 86.4 Å². The van der Waals surface area contributed by atoms with Crippen molar-refractivity contribution in [2.45, 2.75) is 78.7 Å². The number of carboxylic acids is 1. The maximum atomic E-state index is 15.1. The highest BCUT2D eigenvalue weighted by atomic mass is 35.5. The molecule has 45 heavy (non-hydrogen) atoms. The number of carbonyl (C=O) groups excluding carboxylic acids is 1. The van der Waals surface area contributed by atoms with Crippen LogP contribution in [-0.2, 0) is 36.3 Å². The van der Waals surface area contributed by atoms with Gasteiger partial charge in [0.05, 0.1) is 16.9 Å². The number of carboxylic acid groups (broad SMARTS) is 1. The Morgan fingerprint density at radius 2 is 1.44 bits per heavy atom. The lowest BCUT2D eigenvalue weighted by atomic mass is 9.76. The van der Waals surface area contributed by atoms with Gasteiger partial charge in [-0.2, -0.15) is 26.3 Å². The second kappa shape index (κ2) is 11.1. The fourth-order valence-corrected chi connectivity index (χ4v) is 9.82. The molecule has 1 amide bonds. The summed E-state index contributed by atoms with van der Waals surface area (Å²) in [5.41, 5.74) is -8.38. The maximum Gasteiger partial charge on any atom is 0.436 e. The molecule has 0 radical (unpaired) electrons. The minimum Gasteiger partial charge on any atom is -0.481 e. The van der Waals surface area contributed by atoms with E-state index in [2.05, 4.69) is 0 Å². The van der Waals surface area contributed by atoms with Crippen molar-refractivity contribution in [3.05, 3.63) is 63.9 Å². The van der Waals surface area contributed by atoms with E-state index in [4.69, 9.17) is 11.6 Å². The quantitative estimate of drug-likeness (QED) is 0.274. The number of nitrogens with zero attached hydrogens (tertiary/aromatic N) is 1. The summed E-state index contributed by atoms with van der Waals surface area (Å²) in [7, 11) is -4.66. The number of halogens is 9. The van der Waals surface area contributed by atoms with Crippen LogP contribution in [0.5, 0.6) is 0 Å². The summed E-state index contributed by atoms with van der Waals surface area (Å²) in [6, 6.07) is 3.39. The Morgan fingerprint density at radius 3 is 1.98 bits per heavy atom. The first-order valence-corrected chi connectivity index (χ1v) is 15.8. The first-order valence-electron chi connectivity index (χ1n) is 14.0. The number of hydrogen-bond donors (Lipinski definition) is 1. The Hall–Kier alpha value is -2.94. The van der Waals surface area contributed by atoms with Gasteiger partial charge < -0.3 is 10.0 Å². The standard InChI is InChI=1S/C29H26ClF8NO5S/c30-22-14-20-17(13-21(22)27(32,28(33,34)35)29(36,37)38)5-10-23-26(20,45(43,44)19-8-6-18(31)7-9-19)11-12-39(23)24(40)15-1-3-16(4-2-15)25(41)42/h6-9,13-16,23H,1-5,10-12H2,(H,41,42)/t15-,16-,23-,26-/m0/s1. The van der Waals surface area contributed by atoms with Gasteiger partial charge in [-0.15, -0.1) is 0 Å². The molecule has 0 spiro atoms. The molecular formula is C29H26ClF8NO5S. The van der Waals surface area contributed by atoms with E-state index in [1.807, 2.05) is 0 Å². The Balaban J connectivity index is 1.66. The molecule has 16 heteroatoms. The van der Waals surface area contributed by atoms with Crippen LogP contribution in [0.1, 0.15) is 55.2 Å². The zero-order chi connectivity index (χ0) is 33.3. The van der Waals surface area contributed by atoms with E-state index in [-0.39, 0.29) is 62.6 Å². The first-order chi connectivity index (χ1) is 20.8. The number of likely N-dealkylation sites (tertiary alicyclic amines) is 1. The maximum absolute atomic E-state index is 15.1. The van der Waals surface area contributed by atoms with Gasteiger partial charge in [0.15, 0.2) is 9.84 Å². The molecule has 1 heterocycles. The summed E-state index contributed by atoms with van der Waals surface area (Å²) >= 11 is 5.97. The molecule has 1 saturated carbocycles. The van der Waals surface area contributed by atoms with Crippen molar-refractivity contribution in [1.82, 2.24) is 4.90 Å². The molecule has 2 aromatic carbocycles. The largest absolute Gasteiger partial charge is 0.481 e. The van der Waals surface area contributed by atoms with Gasteiger partial charge in [-0.25, -0.2) is 17.2 Å². The van der Waals surface area contributed by atoms with Gasteiger partial charge in [0.1, 0.15) is 10.6 Å². The lowest BCUT2D eigenvalue weighted by Crippen LogP contribution is -2.54. The monoisotopic (exact) mass is 687 g/mol. The minimum atomic E-state index is -6.46. The van der Waals surface area contributed by atoms with Crippen molar-refractivity contribution in [2.24, 2.45) is 11.8 Å². The van der Waals surface area contributed by atoms with Crippen LogP contribution in [0.3, 0.4) is 0 Å². The molecule has 0 aromatic heterocycles. The van der Waals surface area contributed by atoms with Crippen LogP contribution >= 0.6 is 11.6 Å². The van der Waals surface area contributed by atoms with E-state index in [1.54, 1.807) is 0 Å². The Labute approximate surface area is 257 Å². The molecule has 6 nitrogen and oxygen atoms in total. The molecule has 5 rings (SSSR count). The second-order valence-electron chi connectivity index (χ2n) is 11.7. The molecule has 2 fully saturated rings.